The van der Waals surface area contributed by atoms with Gasteiger partial charge >= 0.3 is 11.9 Å². The summed E-state index contributed by atoms with van der Waals surface area (Å²) < 4.78 is 14.2. The predicted molar refractivity (Wildman–Crippen MR) is 149 cm³/mol. The van der Waals surface area contributed by atoms with E-state index >= 15 is 0 Å². The molecule has 208 valence electrons. The van der Waals surface area contributed by atoms with Gasteiger partial charge in [0.2, 0.25) is 0 Å². The van der Waals surface area contributed by atoms with E-state index in [1.807, 2.05) is 18.2 Å². The van der Waals surface area contributed by atoms with Crippen LogP contribution in [0.25, 0.3) is 9.40 Å². The van der Waals surface area contributed by atoms with Crippen molar-refractivity contribution in [2.75, 3.05) is 13.1 Å². The Balaban J connectivity index is 1.09. The molecule has 4 heterocycles. The van der Waals surface area contributed by atoms with Crippen molar-refractivity contribution in [1.82, 2.24) is 4.90 Å². The number of thiophene rings is 2. The number of aliphatic hydroxyl groups is 1. The molecule has 0 unspecified atom stereocenters. The summed E-state index contributed by atoms with van der Waals surface area (Å²) in [7, 11) is 0. The molecule has 3 fully saturated rings. The van der Waals surface area contributed by atoms with Gasteiger partial charge in [-0.15, -0.1) is 22.7 Å². The molecule has 0 amide bonds. The summed E-state index contributed by atoms with van der Waals surface area (Å²) in [4.78, 5) is 41.5. The van der Waals surface area contributed by atoms with Crippen molar-refractivity contribution in [1.29, 1.82) is 0 Å². The topological polar surface area (TPSA) is 113 Å². The average Bonchev–Trinajstić information content (AvgIpc) is 3.37. The third-order valence-electron chi connectivity index (χ3n) is 9.72. The van der Waals surface area contributed by atoms with Crippen LogP contribution in [0.4, 0.5) is 0 Å². The van der Waals surface area contributed by atoms with Crippen molar-refractivity contribution >= 4 is 49.8 Å². The number of piperidine rings is 1. The smallest absolute Gasteiger partial charge is 0.316 e. The van der Waals surface area contributed by atoms with Gasteiger partial charge in [0.15, 0.2) is 23.4 Å². The zero-order valence-corrected chi connectivity index (χ0v) is 23.4. The molecule has 2 aromatic heterocycles. The van der Waals surface area contributed by atoms with Gasteiger partial charge in [0, 0.05) is 43.7 Å². The Labute approximate surface area is 238 Å². The number of ether oxygens (including phenoxy) is 2. The van der Waals surface area contributed by atoms with E-state index in [0.29, 0.717) is 43.1 Å². The summed E-state index contributed by atoms with van der Waals surface area (Å²) in [6.45, 7) is 1.82. The normalized spacial score (nSPS) is 30.3. The average molecular weight is 580 g/mol. The fourth-order valence-electron chi connectivity index (χ4n) is 7.89. The van der Waals surface area contributed by atoms with Crippen LogP contribution in [0, 0.1) is 5.92 Å². The second-order valence-corrected chi connectivity index (χ2v) is 14.4. The van der Waals surface area contributed by atoms with Crippen molar-refractivity contribution < 1.29 is 34.1 Å². The van der Waals surface area contributed by atoms with Crippen LogP contribution in [0.1, 0.15) is 53.0 Å². The van der Waals surface area contributed by atoms with Crippen molar-refractivity contribution in [3.63, 3.8) is 0 Å². The van der Waals surface area contributed by atoms with Gasteiger partial charge in [-0.25, -0.2) is 0 Å². The summed E-state index contributed by atoms with van der Waals surface area (Å²) in [6.07, 6.45) is 3.89. The highest BCUT2D eigenvalue weighted by Crippen LogP contribution is 2.65. The number of benzene rings is 1. The zero-order valence-electron chi connectivity index (χ0n) is 21.8. The van der Waals surface area contributed by atoms with Crippen LogP contribution in [0.15, 0.2) is 24.3 Å². The van der Waals surface area contributed by atoms with Gasteiger partial charge in [-0.1, -0.05) is 6.07 Å². The number of fused-ring (bicyclic) bond motifs is 1. The predicted octanol–water partition coefficient (Wildman–Crippen LogP) is 3.87. The molecule has 8 nitrogen and oxygen atoms in total. The third kappa shape index (κ3) is 3.52. The number of ketones is 1. The Morgan fingerprint density at radius 1 is 1.10 bits per heavy atom. The number of carbonyl (C=O) groups excluding carboxylic acids is 2. The molecule has 2 bridgehead atoms. The number of carboxylic acids is 1. The number of aliphatic carboxylic acids is 1. The Bertz CT molecular complexity index is 1570. The molecule has 1 aromatic carbocycles. The Morgan fingerprint density at radius 3 is 2.58 bits per heavy atom. The van der Waals surface area contributed by atoms with E-state index in [4.69, 9.17) is 14.6 Å². The first kappa shape index (κ1) is 25.0. The number of likely N-dealkylation sites (tertiary alicyclic amines) is 1. The minimum atomic E-state index is -1.05. The van der Waals surface area contributed by atoms with Crippen LogP contribution in [0.5, 0.6) is 11.5 Å². The summed E-state index contributed by atoms with van der Waals surface area (Å²) in [5.41, 5.74) is 0.104. The van der Waals surface area contributed by atoms with Gasteiger partial charge in [-0.05, 0) is 68.3 Å². The highest BCUT2D eigenvalue weighted by Gasteiger charge is 2.73. The van der Waals surface area contributed by atoms with E-state index in [1.165, 1.54) is 35.5 Å². The van der Waals surface area contributed by atoms with Crippen molar-refractivity contribution in [3.8, 4) is 11.5 Å². The lowest BCUT2D eigenvalue weighted by molar-refractivity contribution is -0.188. The van der Waals surface area contributed by atoms with Crippen LogP contribution in [-0.4, -0.2) is 63.7 Å². The molecule has 2 saturated carbocycles. The van der Waals surface area contributed by atoms with Crippen molar-refractivity contribution in [2.24, 2.45) is 5.92 Å². The largest absolute Gasteiger partial charge is 0.481 e. The lowest BCUT2D eigenvalue weighted by atomic mass is 9.49. The first-order chi connectivity index (χ1) is 19.2. The molecule has 40 heavy (non-hydrogen) atoms. The van der Waals surface area contributed by atoms with E-state index in [1.54, 1.807) is 6.07 Å². The van der Waals surface area contributed by atoms with Crippen LogP contribution in [0.3, 0.4) is 0 Å². The third-order valence-corrected chi connectivity index (χ3v) is 12.0. The number of carboxylic acid groups (broad SMARTS) is 1. The van der Waals surface area contributed by atoms with Crippen LogP contribution >= 0.6 is 22.7 Å². The van der Waals surface area contributed by atoms with E-state index in [2.05, 4.69) is 4.90 Å². The van der Waals surface area contributed by atoms with Gasteiger partial charge in [0.05, 0.1) is 23.9 Å². The van der Waals surface area contributed by atoms with Crippen molar-refractivity contribution in [3.05, 3.63) is 45.1 Å². The van der Waals surface area contributed by atoms with Crippen molar-refractivity contribution in [2.45, 2.75) is 74.5 Å². The van der Waals surface area contributed by atoms with Gasteiger partial charge in [0.1, 0.15) is 0 Å². The van der Waals surface area contributed by atoms with Crippen LogP contribution in [0.2, 0.25) is 0 Å². The van der Waals surface area contributed by atoms with Gasteiger partial charge < -0.3 is 19.7 Å². The first-order valence-electron chi connectivity index (χ1n) is 14.0. The minimum absolute atomic E-state index is 0.00996. The zero-order chi connectivity index (χ0) is 27.4. The standard InChI is InChI=1S/C30H29NO7S2/c32-19-5-6-30(36)23-9-16-3-4-20(27-26(16)29(30,28(19)38-27)7-8-31(23)14-15-1-2-15)37-25(35)13-18-11-22-21(40-18)10-17(39-22)12-24(33)34/h3-4,10-11,15,23,28,36H,1-2,5-9,12-14H2,(H,33,34)/t23-,28+,29+,30-/m1/s1. The molecule has 3 aromatic rings. The number of Topliss-reactive ketones (excluding diaryl/α,β-unsaturated/α-hetero) is 1. The van der Waals surface area contributed by atoms with Gasteiger partial charge in [0.25, 0.3) is 0 Å². The number of nitrogens with zero attached hydrogens (tertiary/aromatic N) is 1. The molecule has 10 heteroatoms. The molecule has 2 N–H and O–H groups in total. The molecule has 8 rings (SSSR count). The molecule has 2 aliphatic heterocycles. The van der Waals surface area contributed by atoms with E-state index in [-0.39, 0.29) is 24.7 Å². The maximum absolute atomic E-state index is 13.3. The highest BCUT2D eigenvalue weighted by atomic mass is 32.1. The number of hydrogen-bond acceptors (Lipinski definition) is 9. The highest BCUT2D eigenvalue weighted by molar-refractivity contribution is 7.27. The summed E-state index contributed by atoms with van der Waals surface area (Å²) in [5, 5.41) is 21.4. The Kier molecular flexibility index (Phi) is 5.37. The molecular weight excluding hydrogens is 550 g/mol. The fourth-order valence-corrected chi connectivity index (χ4v) is 10.3. The molecular formula is C30H29NO7S2. The second-order valence-electron chi connectivity index (χ2n) is 12.1. The maximum atomic E-state index is 13.3. The number of rotatable bonds is 7. The molecule has 4 atom stereocenters. The minimum Gasteiger partial charge on any atom is -0.481 e. The lowest BCUT2D eigenvalue weighted by Crippen LogP contribution is -2.76. The van der Waals surface area contributed by atoms with Crippen LogP contribution in [-0.2, 0) is 39.1 Å². The monoisotopic (exact) mass is 579 g/mol. The van der Waals surface area contributed by atoms with E-state index < -0.39 is 29.1 Å². The quantitative estimate of drug-likeness (QED) is 0.321. The van der Waals surface area contributed by atoms with Gasteiger partial charge in [-0.3, -0.25) is 19.3 Å². The number of carbonyl (C=O) groups is 3. The van der Waals surface area contributed by atoms with E-state index in [0.717, 1.165) is 43.4 Å². The summed E-state index contributed by atoms with van der Waals surface area (Å²) in [5.74, 6) is 0.190. The Morgan fingerprint density at radius 2 is 1.85 bits per heavy atom. The SMILES string of the molecule is O=C(O)Cc1cc2sc(CC(=O)Oc3ccc4c5c3O[C@H]3C(=O)CC[C@@]6(O)[C@@H](C4)N(CC4CC4)CC[C@]536)cc2s1. The van der Waals surface area contributed by atoms with Gasteiger partial charge in [-0.2, -0.15) is 0 Å². The summed E-state index contributed by atoms with van der Waals surface area (Å²) in [6, 6.07) is 7.51. The van der Waals surface area contributed by atoms with Crippen LogP contribution < -0.4 is 9.47 Å². The Hall–Kier alpha value is -2.79. The molecule has 1 saturated heterocycles. The first-order valence-corrected chi connectivity index (χ1v) is 15.6. The number of esters is 1. The molecule has 5 aliphatic rings. The second kappa shape index (κ2) is 8.61. The summed E-state index contributed by atoms with van der Waals surface area (Å²) >= 11 is 2.89. The fraction of sp³-hybridized carbons (Fsp3) is 0.500. The molecule has 0 radical (unpaired) electrons. The molecule has 3 aliphatic carbocycles. The number of hydrogen-bond donors (Lipinski definition) is 2. The maximum Gasteiger partial charge on any atom is 0.316 e. The van der Waals surface area contributed by atoms with E-state index in [9.17, 15) is 19.5 Å². The lowest BCUT2D eigenvalue weighted by Gasteiger charge is -2.62. The molecule has 1 spiro atoms.